The van der Waals surface area contributed by atoms with Gasteiger partial charge in [0.15, 0.2) is 0 Å². The van der Waals surface area contributed by atoms with E-state index < -0.39 is 5.97 Å². The van der Waals surface area contributed by atoms with Crippen molar-refractivity contribution < 1.29 is 39.5 Å². The van der Waals surface area contributed by atoms with Gasteiger partial charge in [0, 0.05) is 0 Å². The molecule has 0 aliphatic heterocycles. The summed E-state index contributed by atoms with van der Waals surface area (Å²) in [5.41, 5.74) is 11.4. The third-order valence-electron chi connectivity index (χ3n) is 1.32. The van der Waals surface area contributed by atoms with Crippen molar-refractivity contribution in [3.8, 4) is 0 Å². The minimum Gasteiger partial charge on any atom is -0.545 e. The van der Waals surface area contributed by atoms with Gasteiger partial charge in [-0.25, -0.2) is 0 Å². The summed E-state index contributed by atoms with van der Waals surface area (Å²) in [6, 6.07) is 4.05. The SMILES string of the molecule is Nc1ccc(C(=O)[O-])cc1N.[Na+]. The number of hydrogen-bond donors (Lipinski definition) is 2. The summed E-state index contributed by atoms with van der Waals surface area (Å²) in [5.74, 6) is -1.25. The second-order valence-corrected chi connectivity index (χ2v) is 2.13. The van der Waals surface area contributed by atoms with Crippen LogP contribution in [0.4, 0.5) is 11.4 Å². The number of carboxylic acids is 1. The van der Waals surface area contributed by atoms with Crippen molar-refractivity contribution in [3.63, 3.8) is 0 Å². The molecular weight excluding hydrogens is 167 g/mol. The molecule has 12 heavy (non-hydrogen) atoms. The van der Waals surface area contributed by atoms with Gasteiger partial charge in [-0.3, -0.25) is 0 Å². The number of benzene rings is 1. The number of hydrogen-bond acceptors (Lipinski definition) is 4. The molecule has 4 N–H and O–H groups in total. The van der Waals surface area contributed by atoms with Gasteiger partial charge in [0.25, 0.3) is 0 Å². The van der Waals surface area contributed by atoms with Crippen LogP contribution in [-0.2, 0) is 0 Å². The Bertz CT molecular complexity index is 301. The summed E-state index contributed by atoms with van der Waals surface area (Å²) in [6.45, 7) is 0. The van der Waals surface area contributed by atoms with E-state index in [0.717, 1.165) is 0 Å². The van der Waals surface area contributed by atoms with E-state index in [9.17, 15) is 9.90 Å². The molecule has 4 nitrogen and oxygen atoms in total. The van der Waals surface area contributed by atoms with Crippen molar-refractivity contribution >= 4 is 17.3 Å². The molecule has 0 atom stereocenters. The van der Waals surface area contributed by atoms with Crippen molar-refractivity contribution in [2.45, 2.75) is 0 Å². The fraction of sp³-hybridized carbons (Fsp3) is 0. The fourth-order valence-electron chi connectivity index (χ4n) is 0.702. The Morgan fingerprint density at radius 3 is 2.25 bits per heavy atom. The molecule has 0 spiro atoms. The van der Waals surface area contributed by atoms with Crippen LogP contribution in [0.5, 0.6) is 0 Å². The van der Waals surface area contributed by atoms with E-state index in [0.29, 0.717) is 5.69 Å². The third-order valence-corrected chi connectivity index (χ3v) is 1.32. The van der Waals surface area contributed by atoms with E-state index >= 15 is 0 Å². The number of carbonyl (C=O) groups excluding carboxylic acids is 1. The second kappa shape index (κ2) is 4.35. The van der Waals surface area contributed by atoms with Gasteiger partial charge in [0.05, 0.1) is 17.3 Å². The topological polar surface area (TPSA) is 92.2 Å². The molecule has 0 saturated heterocycles. The van der Waals surface area contributed by atoms with Crippen LogP contribution in [0.15, 0.2) is 18.2 Å². The summed E-state index contributed by atoms with van der Waals surface area (Å²) in [7, 11) is 0. The molecule has 0 fully saturated rings. The summed E-state index contributed by atoms with van der Waals surface area (Å²) >= 11 is 0. The predicted molar refractivity (Wildman–Crippen MR) is 39.6 cm³/mol. The van der Waals surface area contributed by atoms with E-state index in [4.69, 9.17) is 11.5 Å². The summed E-state index contributed by atoms with van der Waals surface area (Å²) in [5, 5.41) is 10.3. The molecular formula is C7H7N2NaO2. The Morgan fingerprint density at radius 2 is 1.83 bits per heavy atom. The Hall–Kier alpha value is -0.710. The summed E-state index contributed by atoms with van der Waals surface area (Å²) in [6.07, 6.45) is 0. The normalized spacial score (nSPS) is 8.67. The van der Waals surface area contributed by atoms with Crippen molar-refractivity contribution in [1.82, 2.24) is 0 Å². The van der Waals surface area contributed by atoms with Gasteiger partial charge in [-0.05, 0) is 17.7 Å². The van der Waals surface area contributed by atoms with E-state index in [1.54, 1.807) is 0 Å². The monoisotopic (exact) mass is 174 g/mol. The first kappa shape index (κ1) is 11.3. The third kappa shape index (κ3) is 2.41. The Balaban J connectivity index is 0.00000121. The molecule has 0 radical (unpaired) electrons. The molecule has 0 unspecified atom stereocenters. The minimum absolute atomic E-state index is 0. The molecule has 0 aliphatic rings. The quantitative estimate of drug-likeness (QED) is 0.337. The predicted octanol–water partition coefficient (Wildman–Crippen LogP) is -3.78. The first-order valence-corrected chi connectivity index (χ1v) is 2.97. The summed E-state index contributed by atoms with van der Waals surface area (Å²) in [4.78, 5) is 10.3. The van der Waals surface area contributed by atoms with E-state index in [1.165, 1.54) is 18.2 Å². The van der Waals surface area contributed by atoms with Crippen LogP contribution >= 0.6 is 0 Å². The molecule has 0 bridgehead atoms. The van der Waals surface area contributed by atoms with Crippen LogP contribution in [0.25, 0.3) is 0 Å². The molecule has 0 amide bonds. The molecule has 1 aromatic rings. The molecule has 1 rings (SSSR count). The first-order valence-electron chi connectivity index (χ1n) is 2.97. The maximum Gasteiger partial charge on any atom is 1.00 e. The van der Waals surface area contributed by atoms with Gasteiger partial charge in [-0.2, -0.15) is 0 Å². The zero-order chi connectivity index (χ0) is 8.43. The van der Waals surface area contributed by atoms with Gasteiger partial charge < -0.3 is 21.4 Å². The molecule has 0 saturated carbocycles. The van der Waals surface area contributed by atoms with Gasteiger partial charge in [0.1, 0.15) is 0 Å². The number of anilines is 2. The second-order valence-electron chi connectivity index (χ2n) is 2.13. The molecule has 58 valence electrons. The van der Waals surface area contributed by atoms with E-state index in [-0.39, 0.29) is 40.8 Å². The Labute approximate surface area is 91.8 Å². The van der Waals surface area contributed by atoms with Crippen molar-refractivity contribution in [2.75, 3.05) is 11.5 Å². The number of carbonyl (C=O) groups is 1. The average Bonchev–Trinajstić information content (AvgIpc) is 1.94. The zero-order valence-corrected chi connectivity index (χ0v) is 8.70. The molecule has 5 heteroatoms. The van der Waals surface area contributed by atoms with Crippen molar-refractivity contribution in [1.29, 1.82) is 0 Å². The maximum absolute atomic E-state index is 10.3. The fourth-order valence-corrected chi connectivity index (χ4v) is 0.702. The van der Waals surface area contributed by atoms with Crippen LogP contribution in [0.2, 0.25) is 0 Å². The van der Waals surface area contributed by atoms with E-state index in [2.05, 4.69) is 0 Å². The number of nitrogen functional groups attached to an aromatic ring is 2. The molecule has 1 aromatic carbocycles. The molecule has 0 aromatic heterocycles. The summed E-state index contributed by atoms with van der Waals surface area (Å²) < 4.78 is 0. The van der Waals surface area contributed by atoms with Crippen LogP contribution in [0.1, 0.15) is 10.4 Å². The zero-order valence-electron chi connectivity index (χ0n) is 6.70. The van der Waals surface area contributed by atoms with Crippen LogP contribution in [0, 0.1) is 0 Å². The van der Waals surface area contributed by atoms with Crippen molar-refractivity contribution in [3.05, 3.63) is 23.8 Å². The van der Waals surface area contributed by atoms with Gasteiger partial charge in [-0.1, -0.05) is 6.07 Å². The minimum atomic E-state index is -1.25. The van der Waals surface area contributed by atoms with E-state index in [1.807, 2.05) is 0 Å². The average molecular weight is 174 g/mol. The first-order chi connectivity index (χ1) is 5.11. The van der Waals surface area contributed by atoms with Crippen molar-refractivity contribution in [2.24, 2.45) is 0 Å². The van der Waals surface area contributed by atoms with Crippen LogP contribution < -0.4 is 46.1 Å². The maximum atomic E-state index is 10.3. The van der Waals surface area contributed by atoms with Crippen LogP contribution in [0.3, 0.4) is 0 Å². The standard InChI is InChI=1S/C7H8N2O2.Na/c8-5-2-1-4(7(10)11)3-6(5)9;/h1-3H,8-9H2,(H,10,11);/q;+1/p-1. The largest absolute Gasteiger partial charge is 1.00 e. The smallest absolute Gasteiger partial charge is 0.545 e. The van der Waals surface area contributed by atoms with Gasteiger partial charge in [0.2, 0.25) is 0 Å². The number of nitrogens with two attached hydrogens (primary N) is 2. The molecule has 0 aliphatic carbocycles. The number of aromatic carboxylic acids is 1. The Morgan fingerprint density at radius 1 is 1.25 bits per heavy atom. The van der Waals surface area contributed by atoms with Gasteiger partial charge >= 0.3 is 29.6 Å². The Kier molecular flexibility index (Phi) is 4.09. The number of rotatable bonds is 1. The van der Waals surface area contributed by atoms with Gasteiger partial charge in [-0.15, -0.1) is 0 Å². The number of carboxylic acid groups (broad SMARTS) is 1. The van der Waals surface area contributed by atoms with Crippen LogP contribution in [-0.4, -0.2) is 5.97 Å². The molecule has 0 heterocycles.